The van der Waals surface area contributed by atoms with E-state index in [0.29, 0.717) is 26.8 Å². The van der Waals surface area contributed by atoms with Gasteiger partial charge in [-0.3, -0.25) is 14.3 Å². The van der Waals surface area contributed by atoms with Gasteiger partial charge in [0.25, 0.3) is 5.91 Å². The lowest BCUT2D eigenvalue weighted by atomic mass is 10.2. The Balaban J connectivity index is 1.48. The van der Waals surface area contributed by atoms with Gasteiger partial charge in [0.15, 0.2) is 22.5 Å². The molecule has 2 heterocycles. The van der Waals surface area contributed by atoms with Gasteiger partial charge in [0, 0.05) is 23.6 Å². The van der Waals surface area contributed by atoms with Gasteiger partial charge in [0.05, 0.1) is 23.5 Å². The van der Waals surface area contributed by atoms with Crippen molar-refractivity contribution in [2.45, 2.75) is 12.1 Å². The summed E-state index contributed by atoms with van der Waals surface area (Å²) in [6, 6.07) is 15.0. The molecule has 0 atom stereocenters. The van der Waals surface area contributed by atoms with Gasteiger partial charge in [-0.1, -0.05) is 29.5 Å². The van der Waals surface area contributed by atoms with Crippen LogP contribution >= 0.6 is 27.7 Å². The first-order valence-corrected chi connectivity index (χ1v) is 12.2. The number of carbonyl (C=O) groups is 1. The van der Waals surface area contributed by atoms with Gasteiger partial charge in [-0.15, -0.1) is 10.2 Å². The summed E-state index contributed by atoms with van der Waals surface area (Å²) in [5.74, 6) is 0.723. The van der Waals surface area contributed by atoms with Crippen molar-refractivity contribution in [3.63, 3.8) is 0 Å². The first-order valence-electron chi connectivity index (χ1n) is 10.4. The molecule has 0 saturated heterocycles. The Morgan fingerprint density at radius 1 is 1.20 bits per heavy atom. The van der Waals surface area contributed by atoms with Crippen molar-refractivity contribution in [3.05, 3.63) is 76.5 Å². The number of ether oxygens (including phenoxy) is 1. The minimum Gasteiger partial charge on any atom is -0.503 e. The molecule has 0 aliphatic heterocycles. The van der Waals surface area contributed by atoms with Crippen LogP contribution in [0.2, 0.25) is 0 Å². The number of phenols is 1. The van der Waals surface area contributed by atoms with Gasteiger partial charge in [-0.2, -0.15) is 5.10 Å². The second-order valence-corrected chi connectivity index (χ2v) is 9.15. The Morgan fingerprint density at radius 2 is 1.94 bits per heavy atom. The average molecular weight is 553 g/mol. The molecule has 0 aliphatic rings. The van der Waals surface area contributed by atoms with Gasteiger partial charge >= 0.3 is 0 Å². The van der Waals surface area contributed by atoms with Crippen molar-refractivity contribution in [2.24, 2.45) is 5.10 Å². The fourth-order valence-corrected chi connectivity index (χ4v) is 4.35. The zero-order chi connectivity index (χ0) is 24.8. The van der Waals surface area contributed by atoms with Crippen LogP contribution in [-0.2, 0) is 4.79 Å². The molecule has 11 heteroatoms. The molecule has 178 valence electrons. The summed E-state index contributed by atoms with van der Waals surface area (Å²) in [5.41, 5.74) is 6.03. The second kappa shape index (κ2) is 11.2. The average Bonchev–Trinajstić information content (AvgIpc) is 3.29. The lowest BCUT2D eigenvalue weighted by Gasteiger charge is -2.10. The van der Waals surface area contributed by atoms with Crippen LogP contribution in [0.4, 0.5) is 0 Å². The number of hydrazone groups is 1. The standard InChI is InChI=1S/C24H21BrN6O3S/c1-15-3-5-18(6-4-15)31-23(17-7-9-26-10-8-17)29-30-24(31)35-14-21(32)28-27-13-16-11-19(25)22(33)20(12-16)34-2/h3-13,33H,14H2,1-2H3,(H,28,32)/b27-13+. The second-order valence-electron chi connectivity index (χ2n) is 7.35. The highest BCUT2D eigenvalue weighted by molar-refractivity contribution is 9.10. The molecule has 35 heavy (non-hydrogen) atoms. The van der Waals surface area contributed by atoms with Crippen LogP contribution in [0, 0.1) is 6.92 Å². The molecule has 0 fully saturated rings. The van der Waals surface area contributed by atoms with Crippen molar-refractivity contribution < 1.29 is 14.6 Å². The van der Waals surface area contributed by atoms with Gasteiger partial charge in [-0.05, 0) is 64.8 Å². The van der Waals surface area contributed by atoms with E-state index in [2.05, 4.69) is 41.6 Å². The predicted octanol–water partition coefficient (Wildman–Crippen LogP) is 4.36. The van der Waals surface area contributed by atoms with Crippen LogP contribution < -0.4 is 10.2 Å². The molecule has 2 aromatic heterocycles. The van der Waals surface area contributed by atoms with Crippen LogP contribution in [0.25, 0.3) is 17.1 Å². The van der Waals surface area contributed by atoms with Crippen molar-refractivity contribution in [1.82, 2.24) is 25.2 Å². The van der Waals surface area contributed by atoms with E-state index in [1.54, 1.807) is 24.5 Å². The predicted molar refractivity (Wildman–Crippen MR) is 138 cm³/mol. The summed E-state index contributed by atoms with van der Waals surface area (Å²) in [7, 11) is 1.46. The van der Waals surface area contributed by atoms with Crippen LogP contribution in [0.5, 0.6) is 11.5 Å². The molecule has 0 unspecified atom stereocenters. The summed E-state index contributed by atoms with van der Waals surface area (Å²) in [6.07, 6.45) is 4.86. The lowest BCUT2D eigenvalue weighted by Crippen LogP contribution is -2.20. The van der Waals surface area contributed by atoms with Crippen molar-refractivity contribution >= 4 is 39.8 Å². The molecular weight excluding hydrogens is 532 g/mol. The topological polar surface area (TPSA) is 115 Å². The van der Waals surface area contributed by atoms with Crippen LogP contribution in [0.15, 0.2) is 75.7 Å². The molecule has 4 rings (SSSR count). The van der Waals surface area contributed by atoms with E-state index in [0.717, 1.165) is 16.8 Å². The van der Waals surface area contributed by atoms with Gasteiger partial charge in [0.2, 0.25) is 0 Å². The highest BCUT2D eigenvalue weighted by Gasteiger charge is 2.17. The molecule has 4 aromatic rings. The Morgan fingerprint density at radius 3 is 2.66 bits per heavy atom. The number of aromatic nitrogens is 4. The molecule has 0 spiro atoms. The normalized spacial score (nSPS) is 11.1. The lowest BCUT2D eigenvalue weighted by molar-refractivity contribution is -0.118. The van der Waals surface area contributed by atoms with Gasteiger partial charge in [-0.25, -0.2) is 5.43 Å². The van der Waals surface area contributed by atoms with E-state index in [1.165, 1.54) is 25.1 Å². The van der Waals surface area contributed by atoms with Crippen LogP contribution in [0.1, 0.15) is 11.1 Å². The number of aromatic hydroxyl groups is 1. The first-order chi connectivity index (χ1) is 17.0. The summed E-state index contributed by atoms with van der Waals surface area (Å²) in [5, 5.41) is 23.2. The van der Waals surface area contributed by atoms with E-state index < -0.39 is 0 Å². The minimum atomic E-state index is -0.306. The van der Waals surface area contributed by atoms with Crippen molar-refractivity contribution in [1.29, 1.82) is 0 Å². The summed E-state index contributed by atoms with van der Waals surface area (Å²) < 4.78 is 7.49. The number of nitrogens with zero attached hydrogens (tertiary/aromatic N) is 5. The number of carbonyl (C=O) groups excluding carboxylic acids is 1. The number of halogens is 1. The minimum absolute atomic E-state index is 0.00564. The number of phenolic OH excluding ortho intramolecular Hbond substituents is 1. The van der Waals surface area contributed by atoms with Crippen molar-refractivity contribution in [3.8, 4) is 28.6 Å². The van der Waals surface area contributed by atoms with E-state index >= 15 is 0 Å². The maximum absolute atomic E-state index is 12.4. The summed E-state index contributed by atoms with van der Waals surface area (Å²) >= 11 is 4.51. The monoisotopic (exact) mass is 552 g/mol. The smallest absolute Gasteiger partial charge is 0.250 e. The van der Waals surface area contributed by atoms with E-state index in [1.807, 2.05) is 47.9 Å². The number of pyridine rings is 1. The number of thioether (sulfide) groups is 1. The molecule has 2 N–H and O–H groups in total. The number of rotatable bonds is 8. The maximum atomic E-state index is 12.4. The number of hydrogen-bond donors (Lipinski definition) is 2. The molecule has 9 nitrogen and oxygen atoms in total. The molecule has 0 bridgehead atoms. The fourth-order valence-electron chi connectivity index (χ4n) is 3.14. The molecule has 0 aliphatic carbocycles. The third-order valence-electron chi connectivity index (χ3n) is 4.87. The SMILES string of the molecule is COc1cc(/C=N/NC(=O)CSc2nnc(-c3ccncc3)n2-c2ccc(C)cc2)cc(Br)c1O. The fraction of sp³-hybridized carbons (Fsp3) is 0.125. The summed E-state index contributed by atoms with van der Waals surface area (Å²) in [4.78, 5) is 16.5. The number of hydrogen-bond acceptors (Lipinski definition) is 8. The van der Waals surface area contributed by atoms with Crippen molar-refractivity contribution in [2.75, 3.05) is 12.9 Å². The maximum Gasteiger partial charge on any atom is 0.250 e. The summed E-state index contributed by atoms with van der Waals surface area (Å²) in [6.45, 7) is 2.02. The largest absolute Gasteiger partial charge is 0.503 e. The van der Waals surface area contributed by atoms with E-state index in [9.17, 15) is 9.90 Å². The Bertz CT molecular complexity index is 1360. The van der Waals surface area contributed by atoms with Gasteiger partial charge in [0.1, 0.15) is 0 Å². The van der Waals surface area contributed by atoms with E-state index in [-0.39, 0.29) is 17.4 Å². The third-order valence-corrected chi connectivity index (χ3v) is 6.40. The number of methoxy groups -OCH3 is 1. The Hall–Kier alpha value is -3.70. The molecule has 1 amide bonds. The Kier molecular flexibility index (Phi) is 7.78. The van der Waals surface area contributed by atoms with Crippen LogP contribution in [-0.4, -0.2) is 49.8 Å². The first kappa shape index (κ1) is 24.4. The zero-order valence-electron chi connectivity index (χ0n) is 18.8. The quantitative estimate of drug-likeness (QED) is 0.189. The molecule has 0 saturated carbocycles. The number of benzene rings is 2. The number of aryl methyl sites for hydroxylation is 1. The Labute approximate surface area is 214 Å². The van der Waals surface area contributed by atoms with E-state index in [4.69, 9.17) is 4.74 Å². The third kappa shape index (κ3) is 5.87. The zero-order valence-corrected chi connectivity index (χ0v) is 21.2. The number of amides is 1. The molecule has 0 radical (unpaired) electrons. The molecule has 2 aromatic carbocycles. The van der Waals surface area contributed by atoms with Crippen LogP contribution in [0.3, 0.4) is 0 Å². The molecular formula is C24H21BrN6O3S. The van der Waals surface area contributed by atoms with Gasteiger partial charge < -0.3 is 9.84 Å². The highest BCUT2D eigenvalue weighted by Crippen LogP contribution is 2.34. The highest BCUT2D eigenvalue weighted by atomic mass is 79.9. The number of nitrogens with one attached hydrogen (secondary N) is 1.